The molecule has 1 aliphatic heterocycles. The molecule has 0 aliphatic carbocycles. The van der Waals surface area contributed by atoms with E-state index in [0.717, 1.165) is 37.8 Å². The van der Waals surface area contributed by atoms with Gasteiger partial charge in [-0.05, 0) is 103 Å². The quantitative estimate of drug-likeness (QED) is 0.110. The maximum Gasteiger partial charge on any atom is 0.573 e. The Morgan fingerprint density at radius 2 is 1.37 bits per heavy atom. The van der Waals surface area contributed by atoms with Crippen LogP contribution in [0.1, 0.15) is 31.8 Å². The molecule has 1 fully saturated rings. The first-order chi connectivity index (χ1) is 30.2. The summed E-state index contributed by atoms with van der Waals surface area (Å²) >= 11 is 0. The third-order valence-electron chi connectivity index (χ3n) is 10.2. The van der Waals surface area contributed by atoms with Gasteiger partial charge in [0, 0.05) is 99.2 Å². The number of fused-ring (bicyclic) bond motifs is 1. The van der Waals surface area contributed by atoms with Crippen LogP contribution in [0.2, 0.25) is 0 Å². The number of likely N-dealkylation sites (N-methyl/N-ethyl adjacent to an activating group) is 1. The second-order valence-electron chi connectivity index (χ2n) is 14.7. The summed E-state index contributed by atoms with van der Waals surface area (Å²) in [7, 11) is 3.69. The number of nitrogens with one attached hydrogen (secondary N) is 2. The van der Waals surface area contributed by atoms with Crippen LogP contribution in [0.5, 0.6) is 35.3 Å². The second-order valence-corrected chi connectivity index (χ2v) is 14.7. The van der Waals surface area contributed by atoms with Gasteiger partial charge in [0.15, 0.2) is 11.5 Å². The molecule has 4 aromatic carbocycles. The average molecular weight is 861 g/mol. The Morgan fingerprint density at radius 3 is 2.05 bits per heavy atom. The number of carbonyl (C=O) groups excluding carboxylic acids is 2. The number of hydrogen-bond acceptors (Lipinski definition) is 13. The van der Waals surface area contributed by atoms with Crippen LogP contribution in [-0.4, -0.2) is 95.8 Å². The van der Waals surface area contributed by atoms with E-state index >= 15 is 0 Å². The van der Waals surface area contributed by atoms with Crippen molar-refractivity contribution in [2.45, 2.75) is 19.8 Å². The van der Waals surface area contributed by atoms with Gasteiger partial charge in [-0.3, -0.25) is 19.1 Å². The highest BCUT2D eigenvalue weighted by atomic mass is 19.4. The SMILES string of the molecule is Cc1c(Oc2ncccn2)cc(NC(=O)c2ccc3nc(O)n(C)c3c2)cc1-c1cc(CN2CCN(C)CC2)cc(C(=O)Nc2ccc(OC(F)(F)F)c(Oc3ncccn3)c2)c1. The normalized spacial score (nSPS) is 13.4. The first kappa shape index (κ1) is 42.1. The van der Waals surface area contributed by atoms with Crippen LogP contribution in [0.3, 0.4) is 0 Å². The Hall–Kier alpha value is -7.64. The van der Waals surface area contributed by atoms with E-state index in [1.165, 1.54) is 47.6 Å². The van der Waals surface area contributed by atoms with Gasteiger partial charge in [-0.2, -0.15) is 4.98 Å². The van der Waals surface area contributed by atoms with Crippen LogP contribution in [-0.2, 0) is 13.6 Å². The minimum atomic E-state index is -5.03. The topological polar surface area (TPSA) is 182 Å². The van der Waals surface area contributed by atoms with Crippen molar-refractivity contribution in [2.75, 3.05) is 43.9 Å². The molecule has 0 spiro atoms. The van der Waals surface area contributed by atoms with Crippen molar-refractivity contribution in [3.8, 4) is 46.4 Å². The van der Waals surface area contributed by atoms with E-state index < -0.39 is 23.9 Å². The number of hydrogen-bond donors (Lipinski definition) is 3. The van der Waals surface area contributed by atoms with Crippen molar-refractivity contribution in [1.82, 2.24) is 39.3 Å². The number of rotatable bonds is 12. The summed E-state index contributed by atoms with van der Waals surface area (Å²) in [6.07, 6.45) is 0.750. The lowest BCUT2D eigenvalue weighted by molar-refractivity contribution is -0.275. The lowest BCUT2D eigenvalue weighted by Gasteiger charge is -2.32. The number of aromatic hydroxyl groups is 1. The molecule has 4 heterocycles. The Morgan fingerprint density at radius 1 is 0.730 bits per heavy atom. The Kier molecular flexibility index (Phi) is 11.9. The van der Waals surface area contributed by atoms with E-state index in [4.69, 9.17) is 9.47 Å². The van der Waals surface area contributed by atoms with E-state index in [1.807, 2.05) is 13.0 Å². The molecule has 0 radical (unpaired) electrons. The van der Waals surface area contributed by atoms with Gasteiger partial charge in [-0.25, -0.2) is 19.9 Å². The molecule has 63 heavy (non-hydrogen) atoms. The number of alkyl halides is 3. The summed E-state index contributed by atoms with van der Waals surface area (Å²) in [4.78, 5) is 52.9. The molecule has 8 rings (SSSR count). The standard InChI is InChI=1S/C44H39F3N10O6/c1-26-33(22-32(24-37(26)61-41-48-10-4-11-49-41)53-39(58)28-6-8-34-35(21-28)56(3)43(60)54-34)29-18-27(25-57-16-14-55(2)15-17-57)19-30(20-29)40(59)52-31-7-9-36(63-44(45,46)47)38(23-31)62-42-50-12-5-13-51-42/h4-13,18-24H,14-17,25H2,1-3H3,(H,52,59)(H,53,58)(H,54,60). The van der Waals surface area contributed by atoms with Crippen LogP contribution >= 0.6 is 0 Å². The van der Waals surface area contributed by atoms with E-state index in [9.17, 15) is 27.9 Å². The molecule has 0 bridgehead atoms. The van der Waals surface area contributed by atoms with Gasteiger partial charge in [-0.1, -0.05) is 0 Å². The zero-order chi connectivity index (χ0) is 44.3. The van der Waals surface area contributed by atoms with Crippen LogP contribution < -0.4 is 24.8 Å². The smallest absolute Gasteiger partial charge is 0.480 e. The molecule has 2 amide bonds. The number of piperazine rings is 1. The van der Waals surface area contributed by atoms with Gasteiger partial charge in [-0.15, -0.1) is 13.2 Å². The Balaban J connectivity index is 1.17. The zero-order valence-corrected chi connectivity index (χ0v) is 34.1. The molecule has 0 unspecified atom stereocenters. The number of benzene rings is 4. The van der Waals surface area contributed by atoms with Crippen molar-refractivity contribution >= 4 is 34.2 Å². The lowest BCUT2D eigenvalue weighted by atomic mass is 9.94. The van der Waals surface area contributed by atoms with Gasteiger partial charge in [0.05, 0.1) is 11.0 Å². The molecule has 0 atom stereocenters. The summed E-state index contributed by atoms with van der Waals surface area (Å²) in [6.45, 7) is 5.64. The molecule has 7 aromatic rings. The predicted octanol–water partition coefficient (Wildman–Crippen LogP) is 7.57. The molecular formula is C44H39F3N10O6. The number of ether oxygens (including phenoxy) is 3. The predicted molar refractivity (Wildman–Crippen MR) is 225 cm³/mol. The van der Waals surface area contributed by atoms with Gasteiger partial charge >= 0.3 is 18.4 Å². The maximum atomic E-state index is 14.2. The van der Waals surface area contributed by atoms with Crippen molar-refractivity contribution in [2.24, 2.45) is 7.05 Å². The summed E-state index contributed by atoms with van der Waals surface area (Å²) in [5.41, 5.74) is 4.71. The number of aromatic nitrogens is 6. The van der Waals surface area contributed by atoms with Gasteiger partial charge in [0.2, 0.25) is 0 Å². The summed E-state index contributed by atoms with van der Waals surface area (Å²) < 4.78 is 57.5. The van der Waals surface area contributed by atoms with E-state index in [-0.39, 0.29) is 35.0 Å². The van der Waals surface area contributed by atoms with Gasteiger partial charge in [0.1, 0.15) is 5.75 Å². The van der Waals surface area contributed by atoms with Crippen molar-refractivity contribution in [3.63, 3.8) is 0 Å². The van der Waals surface area contributed by atoms with Gasteiger partial charge in [0.25, 0.3) is 17.8 Å². The van der Waals surface area contributed by atoms with E-state index in [0.29, 0.717) is 51.3 Å². The first-order valence-corrected chi connectivity index (χ1v) is 19.5. The fraction of sp³-hybridized carbons (Fsp3) is 0.205. The minimum Gasteiger partial charge on any atom is -0.480 e. The van der Waals surface area contributed by atoms with Crippen LogP contribution in [0.4, 0.5) is 24.5 Å². The molecule has 1 saturated heterocycles. The number of nitrogens with zero attached hydrogens (tertiary/aromatic N) is 8. The Labute approximate surface area is 357 Å². The number of carbonyl (C=O) groups is 2. The molecule has 1 aliphatic rings. The number of anilines is 2. The highest BCUT2D eigenvalue weighted by Crippen LogP contribution is 2.39. The number of halogens is 3. The monoisotopic (exact) mass is 860 g/mol. The molecule has 16 nitrogen and oxygen atoms in total. The van der Waals surface area contributed by atoms with Crippen LogP contribution in [0, 0.1) is 6.92 Å². The van der Waals surface area contributed by atoms with Crippen molar-refractivity contribution in [3.05, 3.63) is 126 Å². The molecule has 0 saturated carbocycles. The Bertz CT molecular complexity index is 2800. The lowest BCUT2D eigenvalue weighted by Crippen LogP contribution is -2.43. The van der Waals surface area contributed by atoms with E-state index in [1.54, 1.807) is 55.6 Å². The summed E-state index contributed by atoms with van der Waals surface area (Å²) in [5.74, 6) is -1.75. The largest absolute Gasteiger partial charge is 0.573 e. The molecule has 19 heteroatoms. The maximum absolute atomic E-state index is 14.2. The number of imidazole rings is 1. The molecular weight excluding hydrogens is 822 g/mol. The van der Waals surface area contributed by atoms with E-state index in [2.05, 4.69) is 57.1 Å². The highest BCUT2D eigenvalue weighted by molar-refractivity contribution is 6.07. The number of aryl methyl sites for hydroxylation is 1. The van der Waals surface area contributed by atoms with Crippen molar-refractivity contribution in [1.29, 1.82) is 0 Å². The molecule has 3 aromatic heterocycles. The first-order valence-electron chi connectivity index (χ1n) is 19.5. The third-order valence-corrected chi connectivity index (χ3v) is 10.2. The number of amides is 2. The zero-order valence-electron chi connectivity index (χ0n) is 34.1. The van der Waals surface area contributed by atoms with Crippen LogP contribution in [0.25, 0.3) is 22.2 Å². The highest BCUT2D eigenvalue weighted by Gasteiger charge is 2.33. The third kappa shape index (κ3) is 10.1. The fourth-order valence-corrected chi connectivity index (χ4v) is 6.97. The molecule has 3 N–H and O–H groups in total. The average Bonchev–Trinajstić information content (AvgIpc) is 3.55. The summed E-state index contributed by atoms with van der Waals surface area (Å²) in [6, 6.07) is 19.9. The van der Waals surface area contributed by atoms with Gasteiger partial charge < -0.3 is 34.9 Å². The summed E-state index contributed by atoms with van der Waals surface area (Å²) in [5, 5.41) is 15.9. The van der Waals surface area contributed by atoms with Crippen LogP contribution in [0.15, 0.2) is 104 Å². The fourth-order valence-electron chi connectivity index (χ4n) is 6.97. The second kappa shape index (κ2) is 17.8. The van der Waals surface area contributed by atoms with Crippen molar-refractivity contribution < 1.29 is 42.1 Å². The minimum absolute atomic E-state index is 0.0641. The molecule has 322 valence electrons.